The lowest BCUT2D eigenvalue weighted by Crippen LogP contribution is -2.31. The second-order valence-corrected chi connectivity index (χ2v) is 6.99. The number of aromatic nitrogens is 1. The van der Waals surface area contributed by atoms with Gasteiger partial charge in [0, 0.05) is 18.8 Å². The lowest BCUT2D eigenvalue weighted by atomic mass is 10.1. The smallest absolute Gasteiger partial charge is 0.274 e. The van der Waals surface area contributed by atoms with Gasteiger partial charge in [-0.05, 0) is 55.7 Å². The van der Waals surface area contributed by atoms with Crippen LogP contribution in [-0.2, 0) is 6.54 Å². The third kappa shape index (κ3) is 5.08. The number of rotatable bonds is 6. The van der Waals surface area contributed by atoms with E-state index in [1.165, 1.54) is 0 Å². The summed E-state index contributed by atoms with van der Waals surface area (Å²) in [5.41, 5.74) is 4.29. The van der Waals surface area contributed by atoms with Crippen LogP contribution in [0.2, 0.25) is 0 Å². The van der Waals surface area contributed by atoms with Gasteiger partial charge in [0.1, 0.15) is 11.4 Å². The minimum atomic E-state index is -0.334. The summed E-state index contributed by atoms with van der Waals surface area (Å²) in [4.78, 5) is 31.7. The molecule has 0 aliphatic rings. The topological polar surface area (TPSA) is 62.3 Å². The van der Waals surface area contributed by atoms with Crippen molar-refractivity contribution >= 4 is 17.5 Å². The number of aryl methyl sites for hydroxylation is 2. The molecule has 0 radical (unpaired) electrons. The molecule has 0 saturated carbocycles. The Labute approximate surface area is 171 Å². The third-order valence-corrected chi connectivity index (χ3v) is 4.73. The summed E-state index contributed by atoms with van der Waals surface area (Å²) in [6.45, 7) is 6.88. The first-order valence-electron chi connectivity index (χ1n) is 9.66. The molecular weight excluding hydrogens is 362 g/mol. The molecule has 0 spiro atoms. The molecule has 0 atom stereocenters. The fraction of sp³-hybridized carbons (Fsp3) is 0.208. The van der Waals surface area contributed by atoms with Gasteiger partial charge in [0.05, 0.1) is 0 Å². The van der Waals surface area contributed by atoms with Crippen LogP contribution in [0.4, 0.5) is 5.69 Å². The fourth-order valence-corrected chi connectivity index (χ4v) is 3.03. The molecule has 29 heavy (non-hydrogen) atoms. The van der Waals surface area contributed by atoms with Gasteiger partial charge < -0.3 is 10.2 Å². The Morgan fingerprint density at radius 3 is 2.38 bits per heavy atom. The summed E-state index contributed by atoms with van der Waals surface area (Å²) >= 11 is 0. The first kappa shape index (κ1) is 20.3. The molecule has 3 rings (SSSR count). The number of amides is 2. The highest BCUT2D eigenvalue weighted by Gasteiger charge is 2.18. The van der Waals surface area contributed by atoms with Crippen molar-refractivity contribution in [3.05, 3.63) is 94.8 Å². The number of benzene rings is 2. The minimum absolute atomic E-state index is 0.197. The second-order valence-electron chi connectivity index (χ2n) is 6.99. The quantitative estimate of drug-likeness (QED) is 0.672. The standard InChI is InChI=1S/C24H25N3O2/c1-4-27(16-19-9-6-5-7-10-19)24(29)21-12-8-11-20(25-21)23(28)26-22-15-17(2)13-14-18(22)3/h5-15H,4,16H2,1-3H3,(H,26,28). The molecule has 0 saturated heterocycles. The molecule has 0 fully saturated rings. The molecule has 5 nitrogen and oxygen atoms in total. The van der Waals surface area contributed by atoms with Gasteiger partial charge in [-0.2, -0.15) is 0 Å². The molecule has 148 valence electrons. The first-order chi connectivity index (χ1) is 14.0. The van der Waals surface area contributed by atoms with Crippen molar-refractivity contribution < 1.29 is 9.59 Å². The minimum Gasteiger partial charge on any atom is -0.333 e. The van der Waals surface area contributed by atoms with E-state index in [9.17, 15) is 9.59 Å². The number of carbonyl (C=O) groups is 2. The summed E-state index contributed by atoms with van der Waals surface area (Å²) in [7, 11) is 0. The third-order valence-electron chi connectivity index (χ3n) is 4.73. The van der Waals surface area contributed by atoms with E-state index in [-0.39, 0.29) is 23.2 Å². The van der Waals surface area contributed by atoms with Crippen LogP contribution in [0.5, 0.6) is 0 Å². The summed E-state index contributed by atoms with van der Waals surface area (Å²) in [5.74, 6) is -0.530. The highest BCUT2D eigenvalue weighted by Crippen LogP contribution is 2.17. The summed E-state index contributed by atoms with van der Waals surface area (Å²) < 4.78 is 0. The largest absolute Gasteiger partial charge is 0.333 e. The summed E-state index contributed by atoms with van der Waals surface area (Å²) in [5, 5.41) is 2.89. The van der Waals surface area contributed by atoms with Crippen LogP contribution in [0.25, 0.3) is 0 Å². The Morgan fingerprint density at radius 2 is 1.66 bits per heavy atom. The van der Waals surface area contributed by atoms with Gasteiger partial charge in [0.15, 0.2) is 0 Å². The van der Waals surface area contributed by atoms with Crippen LogP contribution >= 0.6 is 0 Å². The molecule has 0 aliphatic carbocycles. The van der Waals surface area contributed by atoms with Crippen molar-refractivity contribution in [1.29, 1.82) is 0 Å². The maximum Gasteiger partial charge on any atom is 0.274 e. The molecular formula is C24H25N3O2. The predicted octanol–water partition coefficient (Wildman–Crippen LogP) is 4.61. The Balaban J connectivity index is 1.78. The molecule has 5 heteroatoms. The van der Waals surface area contributed by atoms with Crippen molar-refractivity contribution in [2.75, 3.05) is 11.9 Å². The van der Waals surface area contributed by atoms with Crippen LogP contribution in [0.1, 0.15) is 44.6 Å². The maximum atomic E-state index is 12.9. The molecule has 1 N–H and O–H groups in total. The van der Waals surface area contributed by atoms with Gasteiger partial charge in [-0.3, -0.25) is 9.59 Å². The number of anilines is 1. The zero-order valence-electron chi connectivity index (χ0n) is 17.0. The maximum absolute atomic E-state index is 12.9. The van der Waals surface area contributed by atoms with Crippen molar-refractivity contribution in [3.8, 4) is 0 Å². The Kier molecular flexibility index (Phi) is 6.39. The molecule has 2 aromatic carbocycles. The van der Waals surface area contributed by atoms with Crippen molar-refractivity contribution in [2.24, 2.45) is 0 Å². The average Bonchev–Trinajstić information content (AvgIpc) is 2.75. The van der Waals surface area contributed by atoms with Crippen molar-refractivity contribution in [2.45, 2.75) is 27.3 Å². The van der Waals surface area contributed by atoms with Crippen molar-refractivity contribution in [1.82, 2.24) is 9.88 Å². The van der Waals surface area contributed by atoms with Gasteiger partial charge in [0.2, 0.25) is 0 Å². The number of carbonyl (C=O) groups excluding carboxylic acids is 2. The number of hydrogen-bond donors (Lipinski definition) is 1. The van der Waals surface area contributed by atoms with E-state index in [0.717, 1.165) is 22.4 Å². The van der Waals surface area contributed by atoms with Crippen LogP contribution in [0.3, 0.4) is 0 Å². The van der Waals surface area contributed by atoms with E-state index in [1.54, 1.807) is 23.1 Å². The van der Waals surface area contributed by atoms with Gasteiger partial charge >= 0.3 is 0 Å². The van der Waals surface area contributed by atoms with Gasteiger partial charge in [-0.15, -0.1) is 0 Å². The average molecular weight is 387 g/mol. The lowest BCUT2D eigenvalue weighted by molar-refractivity contribution is 0.0746. The Hall–Kier alpha value is -3.47. The molecule has 1 heterocycles. The number of nitrogens with one attached hydrogen (secondary N) is 1. The van der Waals surface area contributed by atoms with E-state index in [2.05, 4.69) is 10.3 Å². The Bertz CT molecular complexity index is 1020. The number of nitrogens with zero attached hydrogens (tertiary/aromatic N) is 2. The highest BCUT2D eigenvalue weighted by atomic mass is 16.2. The van der Waals surface area contributed by atoms with Gasteiger partial charge in [-0.1, -0.05) is 48.5 Å². The van der Waals surface area contributed by atoms with Crippen molar-refractivity contribution in [3.63, 3.8) is 0 Å². The van der Waals surface area contributed by atoms with Crippen LogP contribution in [-0.4, -0.2) is 28.2 Å². The Morgan fingerprint density at radius 1 is 0.931 bits per heavy atom. The predicted molar refractivity (Wildman–Crippen MR) is 115 cm³/mol. The number of hydrogen-bond acceptors (Lipinski definition) is 3. The van der Waals surface area contributed by atoms with Crippen LogP contribution in [0.15, 0.2) is 66.7 Å². The van der Waals surface area contributed by atoms with Crippen LogP contribution < -0.4 is 5.32 Å². The van der Waals surface area contributed by atoms with E-state index < -0.39 is 0 Å². The molecule has 1 aromatic heterocycles. The molecule has 0 aliphatic heterocycles. The number of pyridine rings is 1. The SMILES string of the molecule is CCN(Cc1ccccc1)C(=O)c1cccc(C(=O)Nc2cc(C)ccc2C)n1. The summed E-state index contributed by atoms with van der Waals surface area (Å²) in [6, 6.07) is 20.6. The molecule has 2 amide bonds. The van der Waals surface area contributed by atoms with Gasteiger partial charge in [-0.25, -0.2) is 4.98 Å². The molecule has 0 unspecified atom stereocenters. The van der Waals surface area contributed by atoms with Gasteiger partial charge in [0.25, 0.3) is 11.8 Å². The van der Waals surface area contributed by atoms with E-state index in [1.807, 2.05) is 69.3 Å². The fourth-order valence-electron chi connectivity index (χ4n) is 3.03. The monoisotopic (exact) mass is 387 g/mol. The zero-order chi connectivity index (χ0) is 20.8. The van der Waals surface area contributed by atoms with Crippen LogP contribution in [0, 0.1) is 13.8 Å². The van der Waals surface area contributed by atoms with E-state index >= 15 is 0 Å². The highest BCUT2D eigenvalue weighted by molar-refractivity contribution is 6.04. The summed E-state index contributed by atoms with van der Waals surface area (Å²) in [6.07, 6.45) is 0. The molecule has 0 bridgehead atoms. The molecule has 3 aromatic rings. The zero-order valence-corrected chi connectivity index (χ0v) is 17.0. The lowest BCUT2D eigenvalue weighted by Gasteiger charge is -2.20. The van der Waals surface area contributed by atoms with E-state index in [0.29, 0.717) is 13.1 Å². The second kappa shape index (κ2) is 9.15. The normalized spacial score (nSPS) is 10.4. The van der Waals surface area contributed by atoms with E-state index in [4.69, 9.17) is 0 Å². The first-order valence-corrected chi connectivity index (χ1v) is 9.66.